The molecule has 0 amide bonds. The molecule has 1 unspecified atom stereocenters. The molecule has 0 saturated heterocycles. The van der Waals surface area contributed by atoms with Gasteiger partial charge in [0.05, 0.1) is 0 Å². The van der Waals surface area contributed by atoms with Crippen LogP contribution >= 0.6 is 8.58 Å². The molecule has 0 aromatic heterocycles. The molecule has 2 aromatic rings. The van der Waals surface area contributed by atoms with Crippen molar-refractivity contribution < 1.29 is 9.47 Å². The Bertz CT molecular complexity index is 708. The van der Waals surface area contributed by atoms with E-state index in [1.165, 1.54) is 27.3 Å². The number of hydrogen-bond donors (Lipinski definition) is 1. The molecule has 0 fully saturated rings. The van der Waals surface area contributed by atoms with E-state index in [2.05, 4.69) is 70.3 Å². The highest BCUT2D eigenvalue weighted by Crippen LogP contribution is 2.23. The molecule has 3 nitrogen and oxygen atoms in total. The van der Waals surface area contributed by atoms with Gasteiger partial charge in [0.1, 0.15) is 5.75 Å². The van der Waals surface area contributed by atoms with Crippen LogP contribution in [0.3, 0.4) is 0 Å². The van der Waals surface area contributed by atoms with Gasteiger partial charge in [-0.05, 0) is 57.6 Å². The lowest BCUT2D eigenvalue weighted by molar-refractivity contribution is 0.0519. The molecule has 2 rings (SSSR count). The lowest BCUT2D eigenvalue weighted by Gasteiger charge is -2.22. The first-order valence-electron chi connectivity index (χ1n) is 8.62. The first kappa shape index (κ1) is 19.9. The first-order valence-corrected chi connectivity index (χ1v) is 9.62. The van der Waals surface area contributed by atoms with E-state index in [9.17, 15) is 0 Å². The second-order valence-corrected chi connectivity index (χ2v) is 8.77. The smallest absolute Gasteiger partial charge is 0.188 e. The van der Waals surface area contributed by atoms with Gasteiger partial charge < -0.3 is 14.8 Å². The third kappa shape index (κ3) is 6.43. The molecule has 1 N–H and O–H groups in total. The van der Waals surface area contributed by atoms with Crippen molar-refractivity contribution in [3.63, 3.8) is 0 Å². The minimum absolute atomic E-state index is 0.0974. The van der Waals surface area contributed by atoms with Crippen LogP contribution < -0.4 is 20.7 Å². The van der Waals surface area contributed by atoms with Gasteiger partial charge in [-0.1, -0.05) is 44.0 Å². The van der Waals surface area contributed by atoms with Crippen molar-refractivity contribution in [3.05, 3.63) is 53.1 Å². The molecule has 25 heavy (non-hydrogen) atoms. The predicted molar refractivity (Wildman–Crippen MR) is 109 cm³/mol. The van der Waals surface area contributed by atoms with Gasteiger partial charge in [0.25, 0.3) is 0 Å². The van der Waals surface area contributed by atoms with Crippen LogP contribution in [0, 0.1) is 13.8 Å². The molecular formula is C21H30NO2P. The molecule has 0 aliphatic heterocycles. The van der Waals surface area contributed by atoms with Gasteiger partial charge in [0.2, 0.25) is 0 Å². The Hall–Kier alpha value is -1.41. The third-order valence-electron chi connectivity index (χ3n) is 3.81. The fraction of sp³-hybridized carbons (Fsp3) is 0.429. The van der Waals surface area contributed by atoms with Crippen molar-refractivity contribution in [2.24, 2.45) is 0 Å². The fourth-order valence-electron chi connectivity index (χ4n) is 2.49. The number of methoxy groups -OCH3 is 1. The van der Waals surface area contributed by atoms with Gasteiger partial charge in [0, 0.05) is 24.5 Å². The monoisotopic (exact) mass is 359 g/mol. The second-order valence-electron chi connectivity index (χ2n) is 7.44. The molecule has 0 bridgehead atoms. The topological polar surface area (TPSA) is 30.5 Å². The van der Waals surface area contributed by atoms with E-state index in [1.54, 1.807) is 7.11 Å². The zero-order valence-corrected chi connectivity index (χ0v) is 17.2. The Morgan fingerprint density at radius 1 is 0.960 bits per heavy atom. The third-order valence-corrected chi connectivity index (χ3v) is 5.22. The number of ether oxygens (including phenoxy) is 2. The van der Waals surface area contributed by atoms with Crippen molar-refractivity contribution >= 4 is 19.2 Å². The fourth-order valence-corrected chi connectivity index (χ4v) is 3.84. The maximum atomic E-state index is 5.76. The van der Waals surface area contributed by atoms with Crippen LogP contribution in [0.5, 0.6) is 5.75 Å². The van der Waals surface area contributed by atoms with E-state index in [1.807, 2.05) is 6.07 Å². The molecule has 136 valence electrons. The molecular weight excluding hydrogens is 329 g/mol. The van der Waals surface area contributed by atoms with Gasteiger partial charge in [-0.3, -0.25) is 0 Å². The van der Waals surface area contributed by atoms with Gasteiger partial charge in [-0.15, -0.1) is 0 Å². The predicted octanol–water partition coefficient (Wildman–Crippen LogP) is 3.80. The number of benzene rings is 2. The van der Waals surface area contributed by atoms with Crippen molar-refractivity contribution in [1.29, 1.82) is 0 Å². The molecule has 0 heterocycles. The summed E-state index contributed by atoms with van der Waals surface area (Å²) in [6.07, 6.45) is 0. The molecule has 0 spiro atoms. The number of hydrogen-bond acceptors (Lipinski definition) is 3. The van der Waals surface area contributed by atoms with E-state index in [-0.39, 0.29) is 12.3 Å². The van der Waals surface area contributed by atoms with Crippen LogP contribution in [-0.2, 0) is 11.3 Å². The van der Waals surface area contributed by atoms with Crippen LogP contribution in [0.2, 0.25) is 0 Å². The maximum Gasteiger partial charge on any atom is 0.188 e. The van der Waals surface area contributed by atoms with E-state index in [4.69, 9.17) is 9.47 Å². The summed E-state index contributed by atoms with van der Waals surface area (Å²) in [4.78, 5) is 0. The Morgan fingerprint density at radius 2 is 1.64 bits per heavy atom. The van der Waals surface area contributed by atoms with Gasteiger partial charge in [0.15, 0.2) is 6.79 Å². The highest BCUT2D eigenvalue weighted by molar-refractivity contribution is 7.55. The van der Waals surface area contributed by atoms with Crippen LogP contribution in [0.25, 0.3) is 0 Å². The molecule has 1 atom stereocenters. The Kier molecular flexibility index (Phi) is 7.01. The van der Waals surface area contributed by atoms with Crippen molar-refractivity contribution in [1.82, 2.24) is 5.32 Å². The zero-order chi connectivity index (χ0) is 18.4. The van der Waals surface area contributed by atoms with Gasteiger partial charge in [-0.25, -0.2) is 0 Å². The molecule has 4 heteroatoms. The highest BCUT2D eigenvalue weighted by Gasteiger charge is 2.13. The van der Waals surface area contributed by atoms with Crippen LogP contribution in [-0.4, -0.2) is 19.4 Å². The second kappa shape index (κ2) is 8.80. The lowest BCUT2D eigenvalue weighted by atomic mass is 10.1. The summed E-state index contributed by atoms with van der Waals surface area (Å²) in [5.41, 5.74) is 3.99. The number of aryl methyl sites for hydroxylation is 2. The van der Waals surface area contributed by atoms with E-state index in [0.717, 1.165) is 12.3 Å². The van der Waals surface area contributed by atoms with Crippen LogP contribution in [0.4, 0.5) is 0 Å². The van der Waals surface area contributed by atoms with Crippen molar-refractivity contribution in [3.8, 4) is 5.75 Å². The van der Waals surface area contributed by atoms with Crippen molar-refractivity contribution in [2.45, 2.75) is 46.7 Å². The standard InChI is InChI=1S/C21H30NO2P/c1-15-8-10-19(17(11-15)13-22-21(3,4)5)25-20-12-16(2)7-9-18(20)24-14-23-6/h7-12,22,25H,13-14H2,1-6H3. The van der Waals surface area contributed by atoms with Crippen molar-refractivity contribution in [2.75, 3.05) is 13.9 Å². The molecule has 0 aliphatic carbocycles. The average Bonchev–Trinajstić information content (AvgIpc) is 2.53. The normalized spacial score (nSPS) is 12.1. The largest absolute Gasteiger partial charge is 0.467 e. The summed E-state index contributed by atoms with van der Waals surface area (Å²) in [6, 6.07) is 13.1. The molecule has 0 radical (unpaired) electrons. The first-order chi connectivity index (χ1) is 11.8. The van der Waals surface area contributed by atoms with E-state index in [0.29, 0.717) is 8.58 Å². The highest BCUT2D eigenvalue weighted by atomic mass is 31.1. The SMILES string of the molecule is COCOc1ccc(C)cc1Pc1ccc(C)cc1CNC(C)(C)C. The zero-order valence-electron chi connectivity index (χ0n) is 16.2. The average molecular weight is 359 g/mol. The quantitative estimate of drug-likeness (QED) is 0.602. The summed E-state index contributed by atoms with van der Waals surface area (Å²) in [5.74, 6) is 0.904. The molecule has 2 aromatic carbocycles. The maximum absolute atomic E-state index is 5.76. The van der Waals surface area contributed by atoms with E-state index >= 15 is 0 Å². The summed E-state index contributed by atoms with van der Waals surface area (Å²) in [7, 11) is 2.20. The minimum atomic E-state index is 0.0974. The minimum Gasteiger partial charge on any atom is -0.467 e. The van der Waals surface area contributed by atoms with Gasteiger partial charge >= 0.3 is 0 Å². The van der Waals surface area contributed by atoms with E-state index < -0.39 is 0 Å². The molecule has 0 saturated carbocycles. The summed E-state index contributed by atoms with van der Waals surface area (Å²) < 4.78 is 10.8. The number of nitrogens with one attached hydrogen (secondary N) is 1. The Balaban J connectivity index is 2.29. The van der Waals surface area contributed by atoms with Crippen LogP contribution in [0.1, 0.15) is 37.5 Å². The Morgan fingerprint density at radius 3 is 2.32 bits per heavy atom. The molecule has 0 aliphatic rings. The number of rotatable bonds is 7. The Labute approximate surface area is 153 Å². The summed E-state index contributed by atoms with van der Waals surface area (Å²) >= 11 is 0. The lowest BCUT2D eigenvalue weighted by Crippen LogP contribution is -2.36. The van der Waals surface area contributed by atoms with Crippen LogP contribution in [0.15, 0.2) is 36.4 Å². The summed E-state index contributed by atoms with van der Waals surface area (Å²) in [5, 5.41) is 6.18. The van der Waals surface area contributed by atoms with Gasteiger partial charge in [-0.2, -0.15) is 0 Å². The summed E-state index contributed by atoms with van der Waals surface area (Å²) in [6.45, 7) is 12.0.